The van der Waals surface area contributed by atoms with Gasteiger partial charge in [0.2, 0.25) is 0 Å². The van der Waals surface area contributed by atoms with Crippen molar-refractivity contribution in [3.8, 4) is 0 Å². The monoisotopic (exact) mass is 1140 g/mol. The van der Waals surface area contributed by atoms with Crippen LogP contribution in [0.3, 0.4) is 0 Å². The smallest absolute Gasteiger partial charge is 0.306 e. The maximum Gasteiger partial charge on any atom is 0.306 e. The van der Waals surface area contributed by atoms with Crippen molar-refractivity contribution in [2.75, 3.05) is 47.5 Å². The van der Waals surface area contributed by atoms with E-state index in [1.165, 1.54) is 199 Å². The Kier molecular flexibility index (Phi) is 59.1. The number of nitrogens with zero attached hydrogens (tertiary/aromatic N) is 1. The SMILES string of the molecule is CC/C=C\C/C=C\C/C=C\C/C=C\C/C=C\CCCCCCCCCCCCCCCCCCCCCCCCCC(=O)OC(COC(=O)CCCCCCCCC/C=C\CCCCCCCC)COP(=O)([O-])OCC[N+](C)(C)C. The lowest BCUT2D eigenvalue weighted by Crippen LogP contribution is -2.37. The third-order valence-corrected chi connectivity index (χ3v) is 15.7. The molecule has 0 saturated heterocycles. The van der Waals surface area contributed by atoms with Gasteiger partial charge in [-0.2, -0.15) is 0 Å². The lowest BCUT2D eigenvalue weighted by Gasteiger charge is -2.28. The highest BCUT2D eigenvalue weighted by molar-refractivity contribution is 7.45. The lowest BCUT2D eigenvalue weighted by molar-refractivity contribution is -0.870. The molecule has 2 atom stereocenters. The summed E-state index contributed by atoms with van der Waals surface area (Å²) in [6.45, 7) is 4.15. The first-order valence-corrected chi connectivity index (χ1v) is 35.1. The number of hydrogen-bond acceptors (Lipinski definition) is 8. The first kappa shape index (κ1) is 77.5. The highest BCUT2D eigenvalue weighted by Gasteiger charge is 2.22. The molecule has 0 radical (unpaired) electrons. The lowest BCUT2D eigenvalue weighted by atomic mass is 10.0. The van der Waals surface area contributed by atoms with Gasteiger partial charge >= 0.3 is 11.9 Å². The van der Waals surface area contributed by atoms with Crippen molar-refractivity contribution in [3.05, 3.63) is 72.9 Å². The molecule has 0 saturated carbocycles. The number of carbonyl (C=O) groups excluding carboxylic acids is 2. The van der Waals surface area contributed by atoms with E-state index in [1.54, 1.807) is 0 Å². The molecule has 0 fully saturated rings. The molecular weight excluding hydrogens is 1010 g/mol. The van der Waals surface area contributed by atoms with Gasteiger partial charge in [-0.25, -0.2) is 0 Å². The summed E-state index contributed by atoms with van der Waals surface area (Å²) in [5.74, 6) is -0.825. The van der Waals surface area contributed by atoms with Crippen molar-refractivity contribution < 1.29 is 42.1 Å². The second kappa shape index (κ2) is 61.0. The van der Waals surface area contributed by atoms with E-state index in [1.807, 2.05) is 21.1 Å². The summed E-state index contributed by atoms with van der Waals surface area (Å²) >= 11 is 0. The fraction of sp³-hybridized carbons (Fsp3) is 0.800. The summed E-state index contributed by atoms with van der Waals surface area (Å²) in [5.41, 5.74) is 0. The molecule has 80 heavy (non-hydrogen) atoms. The molecule has 0 N–H and O–H groups in total. The van der Waals surface area contributed by atoms with Crippen LogP contribution in [0.15, 0.2) is 72.9 Å². The quantitative estimate of drug-likeness (QED) is 0.0195. The minimum absolute atomic E-state index is 0.0307. The summed E-state index contributed by atoms with van der Waals surface area (Å²) in [6, 6.07) is 0. The topological polar surface area (TPSA) is 111 Å². The summed E-state index contributed by atoms with van der Waals surface area (Å²) in [7, 11) is 1.17. The van der Waals surface area contributed by atoms with E-state index in [0.29, 0.717) is 17.4 Å². The average Bonchev–Trinajstić information content (AvgIpc) is 3.42. The van der Waals surface area contributed by atoms with E-state index in [9.17, 15) is 19.0 Å². The maximum atomic E-state index is 12.8. The fourth-order valence-corrected chi connectivity index (χ4v) is 10.3. The Morgan fingerprint density at radius 2 is 0.713 bits per heavy atom. The van der Waals surface area contributed by atoms with E-state index in [-0.39, 0.29) is 32.0 Å². The number of phosphoric ester groups is 1. The third kappa shape index (κ3) is 64.6. The Bertz CT molecular complexity index is 1580. The standard InChI is InChI=1S/C70H128NO8P/c1-6-8-10-12-14-16-18-20-22-24-25-26-27-28-29-30-31-32-33-34-35-36-37-38-39-40-41-42-43-44-45-47-49-51-53-55-57-59-61-63-70(73)79-68(67-78-80(74,75)77-65-64-71(3,4)5)66-76-69(72)62-60-58-56-54-52-50-48-46-23-21-19-17-15-13-11-9-7-2/h8,10,14,16,20-23,25-26,28-29,68H,6-7,9,11-13,15,17-19,24,27,30-67H2,1-5H3/b10-8-,16-14-,22-20-,23-21-,26-25-,29-28-. The van der Waals surface area contributed by atoms with Crippen molar-refractivity contribution in [1.29, 1.82) is 0 Å². The van der Waals surface area contributed by atoms with E-state index in [4.69, 9.17) is 18.5 Å². The Labute approximate surface area is 495 Å². The van der Waals surface area contributed by atoms with Gasteiger partial charge in [-0.1, -0.05) is 286 Å². The molecule has 0 aliphatic carbocycles. The maximum absolute atomic E-state index is 12.8. The molecule has 0 aromatic rings. The predicted octanol–water partition coefficient (Wildman–Crippen LogP) is 21.0. The van der Waals surface area contributed by atoms with Crippen molar-refractivity contribution in [2.24, 2.45) is 0 Å². The average molecular weight is 1140 g/mol. The van der Waals surface area contributed by atoms with Gasteiger partial charge < -0.3 is 27.9 Å². The third-order valence-electron chi connectivity index (χ3n) is 14.7. The van der Waals surface area contributed by atoms with Gasteiger partial charge in [0.05, 0.1) is 27.7 Å². The van der Waals surface area contributed by atoms with Gasteiger partial charge in [-0.05, 0) is 83.5 Å². The minimum atomic E-state index is -4.64. The van der Waals surface area contributed by atoms with Crippen molar-refractivity contribution in [3.63, 3.8) is 0 Å². The van der Waals surface area contributed by atoms with Crippen LogP contribution in [0.1, 0.15) is 309 Å². The minimum Gasteiger partial charge on any atom is -0.756 e. The van der Waals surface area contributed by atoms with Crippen LogP contribution in [0.4, 0.5) is 0 Å². The summed E-state index contributed by atoms with van der Waals surface area (Å²) in [6.07, 6.45) is 81.3. The van der Waals surface area contributed by atoms with Crippen molar-refractivity contribution in [2.45, 2.75) is 315 Å². The van der Waals surface area contributed by atoms with Crippen LogP contribution in [0.2, 0.25) is 0 Å². The Balaban J connectivity index is 3.93. The van der Waals surface area contributed by atoms with Gasteiger partial charge in [0, 0.05) is 12.8 Å². The number of rotatable bonds is 62. The summed E-state index contributed by atoms with van der Waals surface area (Å²) in [4.78, 5) is 37.9. The Morgan fingerprint density at radius 3 is 1.07 bits per heavy atom. The molecule has 0 rings (SSSR count). The summed E-state index contributed by atoms with van der Waals surface area (Å²) in [5, 5.41) is 0. The zero-order valence-corrected chi connectivity index (χ0v) is 53.9. The highest BCUT2D eigenvalue weighted by Crippen LogP contribution is 2.38. The first-order chi connectivity index (χ1) is 39.0. The van der Waals surface area contributed by atoms with Gasteiger partial charge in [0.1, 0.15) is 19.8 Å². The van der Waals surface area contributed by atoms with Gasteiger partial charge in [0.25, 0.3) is 7.82 Å². The molecule has 9 nitrogen and oxygen atoms in total. The van der Waals surface area contributed by atoms with E-state index in [2.05, 4.69) is 86.8 Å². The zero-order valence-electron chi connectivity index (χ0n) is 53.0. The molecule has 10 heteroatoms. The normalized spacial score (nSPS) is 13.6. The van der Waals surface area contributed by atoms with Crippen LogP contribution in [-0.4, -0.2) is 70.0 Å². The predicted molar refractivity (Wildman–Crippen MR) is 342 cm³/mol. The molecule has 0 bridgehead atoms. The van der Waals surface area contributed by atoms with Crippen molar-refractivity contribution >= 4 is 19.8 Å². The molecule has 0 heterocycles. The van der Waals surface area contributed by atoms with E-state index < -0.39 is 26.5 Å². The number of hydrogen-bond donors (Lipinski definition) is 0. The van der Waals surface area contributed by atoms with Crippen molar-refractivity contribution in [1.82, 2.24) is 0 Å². The molecule has 0 aliphatic heterocycles. The first-order valence-electron chi connectivity index (χ1n) is 33.6. The largest absolute Gasteiger partial charge is 0.756 e. The molecule has 466 valence electrons. The Morgan fingerprint density at radius 1 is 0.400 bits per heavy atom. The van der Waals surface area contributed by atoms with Crippen LogP contribution in [0.5, 0.6) is 0 Å². The van der Waals surface area contributed by atoms with Gasteiger partial charge in [-0.3, -0.25) is 14.2 Å². The zero-order chi connectivity index (χ0) is 58.4. The highest BCUT2D eigenvalue weighted by atomic mass is 31.2. The van der Waals surface area contributed by atoms with Crippen LogP contribution in [0, 0.1) is 0 Å². The molecule has 0 amide bonds. The van der Waals surface area contributed by atoms with Crippen LogP contribution in [0.25, 0.3) is 0 Å². The van der Waals surface area contributed by atoms with Gasteiger partial charge in [-0.15, -0.1) is 0 Å². The van der Waals surface area contributed by atoms with Gasteiger partial charge in [0.15, 0.2) is 6.10 Å². The van der Waals surface area contributed by atoms with Crippen LogP contribution in [-0.2, 0) is 32.7 Å². The molecule has 0 aliphatic rings. The van der Waals surface area contributed by atoms with Crippen LogP contribution < -0.4 is 4.89 Å². The number of esters is 2. The number of ether oxygens (including phenoxy) is 2. The molecule has 0 aromatic heterocycles. The molecular formula is C70H128NO8P. The summed E-state index contributed by atoms with van der Waals surface area (Å²) < 4.78 is 34.2. The van der Waals surface area contributed by atoms with E-state index >= 15 is 0 Å². The Hall–Kier alpha value is -2.55. The second-order valence-corrected chi connectivity index (χ2v) is 25.2. The molecule has 0 aromatic carbocycles. The number of quaternary nitrogens is 1. The number of likely N-dealkylation sites (N-methyl/N-ethyl adjacent to an activating group) is 1. The number of allylic oxidation sites excluding steroid dienone is 12. The molecule has 0 spiro atoms. The fourth-order valence-electron chi connectivity index (χ4n) is 9.56. The number of phosphoric acid groups is 1. The number of unbranched alkanes of at least 4 members (excludes halogenated alkanes) is 36. The van der Waals surface area contributed by atoms with Crippen LogP contribution >= 0.6 is 7.82 Å². The number of carbonyl (C=O) groups is 2. The van der Waals surface area contributed by atoms with E-state index in [0.717, 1.165) is 77.0 Å². The molecule has 2 unspecified atom stereocenters. The second-order valence-electron chi connectivity index (χ2n) is 23.8.